The molecule has 1 rings (SSSR count). The van der Waals surface area contributed by atoms with Gasteiger partial charge in [-0.15, -0.1) is 0 Å². The number of hydrogen-bond donors (Lipinski definition) is 1. The SMILES string of the molecule is CC(C)NC(=O)C(C)Oc1ccccc1C(C)(C)C. The number of rotatable bonds is 4. The smallest absolute Gasteiger partial charge is 0.260 e. The van der Waals surface area contributed by atoms with Crippen LogP contribution in [0.3, 0.4) is 0 Å². The molecule has 1 amide bonds. The topological polar surface area (TPSA) is 38.3 Å². The fourth-order valence-electron chi connectivity index (χ4n) is 1.83. The minimum atomic E-state index is -0.495. The van der Waals surface area contributed by atoms with Crippen molar-refractivity contribution in [2.45, 2.75) is 59.1 Å². The highest BCUT2D eigenvalue weighted by Crippen LogP contribution is 2.31. The first-order chi connectivity index (χ1) is 8.71. The highest BCUT2D eigenvalue weighted by Gasteiger charge is 2.22. The van der Waals surface area contributed by atoms with Gasteiger partial charge in [0, 0.05) is 6.04 Å². The van der Waals surface area contributed by atoms with Gasteiger partial charge in [-0.1, -0.05) is 39.0 Å². The van der Waals surface area contributed by atoms with E-state index in [0.29, 0.717) is 0 Å². The standard InChI is InChI=1S/C16H25NO2/c1-11(2)17-15(18)12(3)19-14-10-8-7-9-13(14)16(4,5)6/h7-12H,1-6H3,(H,17,18). The summed E-state index contributed by atoms with van der Waals surface area (Å²) in [6.07, 6.45) is -0.495. The van der Waals surface area contributed by atoms with E-state index in [2.05, 4.69) is 26.1 Å². The average Bonchev–Trinajstić information content (AvgIpc) is 2.27. The molecule has 1 aromatic carbocycles. The molecule has 1 atom stereocenters. The Labute approximate surface area is 116 Å². The van der Waals surface area contributed by atoms with Gasteiger partial charge in [0.2, 0.25) is 0 Å². The minimum absolute atomic E-state index is 0.00909. The van der Waals surface area contributed by atoms with Crippen LogP contribution in [0.15, 0.2) is 24.3 Å². The monoisotopic (exact) mass is 263 g/mol. The van der Waals surface area contributed by atoms with Gasteiger partial charge in [-0.2, -0.15) is 0 Å². The molecule has 3 heteroatoms. The molecular weight excluding hydrogens is 238 g/mol. The Balaban J connectivity index is 2.85. The number of nitrogens with one attached hydrogen (secondary N) is 1. The molecule has 0 aliphatic rings. The van der Waals surface area contributed by atoms with Crippen molar-refractivity contribution < 1.29 is 9.53 Å². The first kappa shape index (κ1) is 15.5. The van der Waals surface area contributed by atoms with Crippen molar-refractivity contribution in [2.75, 3.05) is 0 Å². The quantitative estimate of drug-likeness (QED) is 0.905. The number of carbonyl (C=O) groups is 1. The van der Waals surface area contributed by atoms with Gasteiger partial charge in [-0.05, 0) is 37.8 Å². The summed E-state index contributed by atoms with van der Waals surface area (Å²) in [7, 11) is 0. The van der Waals surface area contributed by atoms with Gasteiger partial charge >= 0.3 is 0 Å². The minimum Gasteiger partial charge on any atom is -0.481 e. The van der Waals surface area contributed by atoms with E-state index < -0.39 is 6.10 Å². The van der Waals surface area contributed by atoms with Crippen LogP contribution >= 0.6 is 0 Å². The molecule has 3 nitrogen and oxygen atoms in total. The molecule has 0 fully saturated rings. The second-order valence-corrected chi connectivity index (χ2v) is 6.17. The Morgan fingerprint density at radius 2 is 1.74 bits per heavy atom. The second-order valence-electron chi connectivity index (χ2n) is 6.17. The third kappa shape index (κ3) is 4.58. The average molecular weight is 263 g/mol. The van der Waals surface area contributed by atoms with Crippen molar-refractivity contribution >= 4 is 5.91 Å². The van der Waals surface area contributed by atoms with E-state index in [4.69, 9.17) is 4.74 Å². The number of hydrogen-bond acceptors (Lipinski definition) is 2. The van der Waals surface area contributed by atoms with E-state index in [0.717, 1.165) is 11.3 Å². The van der Waals surface area contributed by atoms with Gasteiger partial charge < -0.3 is 10.1 Å². The summed E-state index contributed by atoms with van der Waals surface area (Å²) in [6, 6.07) is 8.00. The zero-order valence-corrected chi connectivity index (χ0v) is 12.8. The van der Waals surface area contributed by atoms with Crippen molar-refractivity contribution in [1.29, 1.82) is 0 Å². The summed E-state index contributed by atoms with van der Waals surface area (Å²) in [5, 5.41) is 2.86. The summed E-state index contributed by atoms with van der Waals surface area (Å²) in [6.45, 7) is 12.1. The van der Waals surface area contributed by atoms with E-state index >= 15 is 0 Å². The van der Waals surface area contributed by atoms with Crippen LogP contribution in [-0.2, 0) is 10.2 Å². The van der Waals surface area contributed by atoms with E-state index in [1.54, 1.807) is 6.92 Å². The molecule has 1 aromatic rings. The Kier molecular flexibility index (Phi) is 4.98. The molecular formula is C16H25NO2. The Morgan fingerprint density at radius 3 is 2.26 bits per heavy atom. The number of para-hydroxylation sites is 1. The van der Waals surface area contributed by atoms with Crippen LogP contribution < -0.4 is 10.1 Å². The predicted octanol–water partition coefficient (Wildman–Crippen LogP) is 3.28. The lowest BCUT2D eigenvalue weighted by molar-refractivity contribution is -0.127. The highest BCUT2D eigenvalue weighted by molar-refractivity contribution is 5.81. The number of amides is 1. The molecule has 0 spiro atoms. The van der Waals surface area contributed by atoms with Gasteiger partial charge in [0.15, 0.2) is 6.10 Å². The molecule has 0 aromatic heterocycles. The van der Waals surface area contributed by atoms with Crippen LogP contribution in [0.5, 0.6) is 5.75 Å². The molecule has 0 bridgehead atoms. The Morgan fingerprint density at radius 1 is 1.16 bits per heavy atom. The van der Waals surface area contributed by atoms with Gasteiger partial charge in [0.05, 0.1) is 0 Å². The Hall–Kier alpha value is -1.51. The van der Waals surface area contributed by atoms with Gasteiger partial charge in [0.25, 0.3) is 5.91 Å². The third-order valence-electron chi connectivity index (χ3n) is 2.80. The van der Waals surface area contributed by atoms with E-state index in [1.165, 1.54) is 0 Å². The summed E-state index contributed by atoms with van der Waals surface area (Å²) in [5.74, 6) is 0.695. The highest BCUT2D eigenvalue weighted by atomic mass is 16.5. The van der Waals surface area contributed by atoms with E-state index in [9.17, 15) is 4.79 Å². The molecule has 0 aliphatic heterocycles. The van der Waals surface area contributed by atoms with Crippen molar-refractivity contribution in [3.63, 3.8) is 0 Å². The zero-order valence-electron chi connectivity index (χ0n) is 12.8. The number of carbonyl (C=O) groups excluding carboxylic acids is 1. The molecule has 0 saturated carbocycles. The molecule has 0 saturated heterocycles. The maximum Gasteiger partial charge on any atom is 0.260 e. The first-order valence-corrected chi connectivity index (χ1v) is 6.78. The third-order valence-corrected chi connectivity index (χ3v) is 2.80. The molecule has 19 heavy (non-hydrogen) atoms. The number of benzene rings is 1. The molecule has 1 N–H and O–H groups in total. The summed E-state index contributed by atoms with van der Waals surface area (Å²) in [4.78, 5) is 11.9. The Bertz CT molecular complexity index is 433. The molecule has 0 radical (unpaired) electrons. The van der Waals surface area contributed by atoms with Crippen LogP contribution in [0.4, 0.5) is 0 Å². The molecule has 0 aliphatic carbocycles. The molecule has 106 valence electrons. The van der Waals surface area contributed by atoms with Crippen LogP contribution in [-0.4, -0.2) is 18.1 Å². The number of ether oxygens (including phenoxy) is 1. The molecule has 1 unspecified atom stereocenters. The van der Waals surface area contributed by atoms with Gasteiger partial charge in [-0.3, -0.25) is 4.79 Å². The lowest BCUT2D eigenvalue weighted by Crippen LogP contribution is -2.40. The van der Waals surface area contributed by atoms with E-state index in [1.807, 2.05) is 38.1 Å². The van der Waals surface area contributed by atoms with Gasteiger partial charge in [0.1, 0.15) is 5.75 Å². The van der Waals surface area contributed by atoms with Gasteiger partial charge in [-0.25, -0.2) is 0 Å². The summed E-state index contributed by atoms with van der Waals surface area (Å²) < 4.78 is 5.82. The maximum atomic E-state index is 11.9. The predicted molar refractivity (Wildman–Crippen MR) is 78.5 cm³/mol. The lowest BCUT2D eigenvalue weighted by Gasteiger charge is -2.24. The lowest BCUT2D eigenvalue weighted by atomic mass is 9.86. The summed E-state index contributed by atoms with van der Waals surface area (Å²) in [5.41, 5.74) is 1.10. The fourth-order valence-corrected chi connectivity index (χ4v) is 1.83. The van der Waals surface area contributed by atoms with Crippen LogP contribution in [0.2, 0.25) is 0 Å². The second kappa shape index (κ2) is 6.09. The van der Waals surface area contributed by atoms with Crippen molar-refractivity contribution in [3.05, 3.63) is 29.8 Å². The van der Waals surface area contributed by atoms with Crippen LogP contribution in [0.25, 0.3) is 0 Å². The maximum absolute atomic E-state index is 11.9. The summed E-state index contributed by atoms with van der Waals surface area (Å²) >= 11 is 0. The van der Waals surface area contributed by atoms with Crippen molar-refractivity contribution in [3.8, 4) is 5.75 Å². The molecule has 0 heterocycles. The normalized spacial score (nSPS) is 13.2. The van der Waals surface area contributed by atoms with E-state index in [-0.39, 0.29) is 17.4 Å². The largest absolute Gasteiger partial charge is 0.481 e. The van der Waals surface area contributed by atoms with Crippen LogP contribution in [0, 0.1) is 0 Å². The zero-order chi connectivity index (χ0) is 14.6. The van der Waals surface area contributed by atoms with Crippen molar-refractivity contribution in [1.82, 2.24) is 5.32 Å². The first-order valence-electron chi connectivity index (χ1n) is 6.78. The van der Waals surface area contributed by atoms with Crippen molar-refractivity contribution in [2.24, 2.45) is 0 Å². The van der Waals surface area contributed by atoms with Crippen LogP contribution in [0.1, 0.15) is 47.1 Å². The fraction of sp³-hybridized carbons (Fsp3) is 0.562.